The first-order valence-corrected chi connectivity index (χ1v) is 48.2. The topological polar surface area (TPSA) is 378 Å². The molecule has 4 atom stereocenters. The number of aromatic nitrogens is 5. The molecule has 4 amide bonds. The van der Waals surface area contributed by atoms with E-state index in [1.165, 1.54) is 87.0 Å². The molecule has 0 bridgehead atoms. The van der Waals surface area contributed by atoms with Crippen LogP contribution in [0, 0.1) is 0 Å². The van der Waals surface area contributed by atoms with Crippen molar-refractivity contribution in [3.8, 4) is 0 Å². The van der Waals surface area contributed by atoms with Gasteiger partial charge in [-0.05, 0) is 187 Å². The summed E-state index contributed by atoms with van der Waals surface area (Å²) in [5.41, 5.74) is 9.87. The largest absolute Gasteiger partial charge is 0.480 e. The quantitative estimate of drug-likeness (QED) is 0.0158. The summed E-state index contributed by atoms with van der Waals surface area (Å²) in [5.74, 6) is -0.467. The van der Waals surface area contributed by atoms with Gasteiger partial charge in [0.2, 0.25) is 23.6 Å². The highest BCUT2D eigenvalue weighted by molar-refractivity contribution is 5.85. The third kappa shape index (κ3) is 53.4. The number of amides is 4. The number of hydrogen-bond acceptors (Lipinski definition) is 17. The summed E-state index contributed by atoms with van der Waals surface area (Å²) in [7, 11) is 0. The third-order valence-electron chi connectivity index (χ3n) is 21.5. The number of unbranched alkanes of at least 4 members (excludes halogenated alkanes) is 16. The van der Waals surface area contributed by atoms with Crippen LogP contribution in [0.2, 0.25) is 0 Å². The number of anilines is 4. The molecule has 126 heavy (non-hydrogen) atoms. The van der Waals surface area contributed by atoms with Crippen molar-refractivity contribution >= 4 is 70.8 Å². The molecule has 25 heteroatoms. The van der Waals surface area contributed by atoms with E-state index in [1.54, 1.807) is 33.2 Å². The summed E-state index contributed by atoms with van der Waals surface area (Å²) in [6.07, 6.45) is 47.5. The molecule has 4 aliphatic heterocycles. The predicted molar refractivity (Wildman–Crippen MR) is 512 cm³/mol. The lowest BCUT2D eigenvalue weighted by atomic mass is 10.0. The molecule has 0 saturated heterocycles. The monoisotopic (exact) mass is 1750 g/mol. The lowest BCUT2D eigenvalue weighted by Crippen LogP contribution is -2.40. The highest BCUT2D eigenvalue weighted by atomic mass is 16.4. The molecule has 1 aliphatic carbocycles. The van der Waals surface area contributed by atoms with Gasteiger partial charge in [-0.25, -0.2) is 39.1 Å². The Kier molecular flexibility index (Phi) is 65.8. The molecule has 11 rings (SSSR count). The minimum Gasteiger partial charge on any atom is -0.480 e. The fraction of sp³-hybridized carbons (Fsp3) is 0.614. The van der Waals surface area contributed by atoms with Crippen molar-refractivity contribution in [2.24, 2.45) is 0 Å². The Bertz CT molecular complexity index is 3530. The van der Waals surface area contributed by atoms with E-state index in [1.807, 2.05) is 96.1 Å². The number of carboxylic acid groups (broad SMARTS) is 4. The Morgan fingerprint density at radius 2 is 0.516 bits per heavy atom. The van der Waals surface area contributed by atoms with Crippen molar-refractivity contribution in [3.63, 3.8) is 0 Å². The molecule has 12 N–H and O–H groups in total. The van der Waals surface area contributed by atoms with E-state index in [9.17, 15) is 38.4 Å². The molecule has 9 heterocycles. The molecule has 1 saturated carbocycles. The van der Waals surface area contributed by atoms with Crippen LogP contribution in [-0.4, -0.2) is 143 Å². The molecule has 0 radical (unpaired) electrons. The highest BCUT2D eigenvalue weighted by Crippen LogP contribution is 2.26. The first-order chi connectivity index (χ1) is 61.3. The fourth-order valence-corrected chi connectivity index (χ4v) is 14.5. The first-order valence-electron chi connectivity index (χ1n) is 48.2. The van der Waals surface area contributed by atoms with Crippen LogP contribution >= 0.6 is 0 Å². The zero-order valence-corrected chi connectivity index (χ0v) is 78.5. The van der Waals surface area contributed by atoms with Gasteiger partial charge >= 0.3 is 23.9 Å². The van der Waals surface area contributed by atoms with Crippen molar-refractivity contribution < 1.29 is 58.8 Å². The number of aliphatic carboxylic acids is 4. The number of nitrogens with zero attached hydrogens (tertiary/aromatic N) is 5. The molecular formula is C101H161N13O12. The fourth-order valence-electron chi connectivity index (χ4n) is 14.5. The van der Waals surface area contributed by atoms with Gasteiger partial charge < -0.3 is 63.0 Å². The SMILES string of the molecule is C1CCCC1.CC.CC.CC.CC(=O)NC(CCCCCCCc1ccc2c(n1)NCCC2)C(=O)O.CCC(=O)NC(CCCCCCCc1ccc2c(n1)NCCC2)C(=O)O.CCC(=O)NC(CCCCCCCc1ccc2c(n1)NCCC2)C(=O)O.CCC(=O)NC(CCCCCCCc1ccc2c(n1)NCCC2)C(=O)O.c1ccccc1.c1ccncc1. The number of rotatable bonds is 43. The number of hydrogen-bond donors (Lipinski definition) is 12. The minimum absolute atomic E-state index is 0.204. The molecule has 4 unspecified atom stereocenters. The Labute approximate surface area is 755 Å². The number of carbonyl (C=O) groups is 8. The smallest absolute Gasteiger partial charge is 0.326 e. The lowest BCUT2D eigenvalue weighted by molar-refractivity contribution is -0.142. The van der Waals surface area contributed by atoms with Gasteiger partial charge in [0, 0.05) is 87.5 Å². The van der Waals surface area contributed by atoms with Crippen molar-refractivity contribution in [2.45, 2.75) is 376 Å². The van der Waals surface area contributed by atoms with Crippen LogP contribution in [0.4, 0.5) is 23.3 Å². The maximum absolute atomic E-state index is 11.3. The van der Waals surface area contributed by atoms with Crippen molar-refractivity contribution in [2.75, 3.05) is 47.4 Å². The highest BCUT2D eigenvalue weighted by Gasteiger charge is 2.23. The lowest BCUT2D eigenvalue weighted by Gasteiger charge is -2.17. The second-order valence-corrected chi connectivity index (χ2v) is 31.6. The molecule has 1 aromatic carbocycles. The molecule has 25 nitrogen and oxygen atoms in total. The molecular weight excluding hydrogens is 1590 g/mol. The van der Waals surface area contributed by atoms with Gasteiger partial charge in [0.25, 0.3) is 0 Å². The van der Waals surface area contributed by atoms with Crippen LogP contribution in [0.3, 0.4) is 0 Å². The minimum atomic E-state index is -0.956. The Hall–Kier alpha value is -10.1. The van der Waals surface area contributed by atoms with E-state index in [0.29, 0.717) is 44.9 Å². The zero-order chi connectivity index (χ0) is 92.4. The van der Waals surface area contributed by atoms with E-state index in [2.05, 4.69) is 96.0 Å². The maximum Gasteiger partial charge on any atom is 0.326 e. The van der Waals surface area contributed by atoms with Crippen LogP contribution in [0.15, 0.2) is 116 Å². The molecule has 1 fully saturated rings. The summed E-state index contributed by atoms with van der Waals surface area (Å²) >= 11 is 0. The van der Waals surface area contributed by atoms with E-state index in [-0.39, 0.29) is 23.6 Å². The average Bonchev–Trinajstić information content (AvgIpc) is 1.08. The average molecular weight is 1750 g/mol. The Balaban J connectivity index is 0.000000522. The normalized spacial score (nSPS) is 13.5. The van der Waals surface area contributed by atoms with Crippen molar-refractivity contribution in [1.29, 1.82) is 0 Å². The van der Waals surface area contributed by atoms with Crippen LogP contribution in [0.1, 0.15) is 345 Å². The molecule has 5 aromatic heterocycles. The summed E-state index contributed by atoms with van der Waals surface area (Å²) in [4.78, 5) is 112. The van der Waals surface area contributed by atoms with Crippen molar-refractivity contribution in [3.05, 3.63) is 161 Å². The third-order valence-corrected chi connectivity index (χ3v) is 21.5. The van der Waals surface area contributed by atoms with Crippen LogP contribution in [-0.2, 0) is 89.7 Å². The number of carbonyl (C=O) groups excluding carboxylic acids is 4. The first kappa shape index (κ1) is 112. The number of pyridine rings is 5. The molecule has 6 aromatic rings. The van der Waals surface area contributed by atoms with Gasteiger partial charge in [0.15, 0.2) is 0 Å². The van der Waals surface area contributed by atoms with Crippen LogP contribution < -0.4 is 42.5 Å². The summed E-state index contributed by atoms with van der Waals surface area (Å²) in [6.45, 7) is 22.6. The van der Waals surface area contributed by atoms with Crippen LogP contribution in [0.5, 0.6) is 0 Å². The summed E-state index contributed by atoms with van der Waals surface area (Å²) in [6, 6.07) is 32.0. The van der Waals surface area contributed by atoms with E-state index in [0.717, 1.165) is 252 Å². The van der Waals surface area contributed by atoms with Gasteiger partial charge in [0.1, 0.15) is 47.4 Å². The second-order valence-electron chi connectivity index (χ2n) is 31.6. The number of nitrogens with one attached hydrogen (secondary N) is 8. The van der Waals surface area contributed by atoms with Gasteiger partial charge in [-0.15, -0.1) is 0 Å². The van der Waals surface area contributed by atoms with Gasteiger partial charge in [-0.2, -0.15) is 0 Å². The Morgan fingerprint density at radius 3 is 0.714 bits per heavy atom. The second kappa shape index (κ2) is 74.1. The van der Waals surface area contributed by atoms with Crippen LogP contribution in [0.25, 0.3) is 0 Å². The Morgan fingerprint density at radius 1 is 0.302 bits per heavy atom. The van der Waals surface area contributed by atoms with E-state index < -0.39 is 48.0 Å². The van der Waals surface area contributed by atoms with Crippen molar-refractivity contribution in [1.82, 2.24) is 46.2 Å². The number of aryl methyl sites for hydroxylation is 8. The summed E-state index contributed by atoms with van der Waals surface area (Å²) in [5, 5.41) is 60.1. The molecule has 0 spiro atoms. The van der Waals surface area contributed by atoms with Gasteiger partial charge in [0.05, 0.1) is 0 Å². The number of benzene rings is 1. The maximum atomic E-state index is 11.3. The van der Waals surface area contributed by atoms with Gasteiger partial charge in [-0.3, -0.25) is 24.2 Å². The molecule has 5 aliphatic rings. The standard InChI is InChI=1S/3C20H31N3O3.C19H29N3O3.C6H6.C5H5N.C5H10.3C2H6/c3*1-2-18(24)23-17(20(25)26)11-7-5-3-4-6-10-16-13-12-15-9-8-14-21-19(15)22-16;1-14(23)21-17(19(24)25)10-6-4-2-3-5-9-16-12-11-15-8-7-13-20-18(15)22-16;2*1-2-4-6-5-3-1;1-2-4-5-3-1;3*1-2/h3*12-13,17H,2-11,14H2,1H3,(H,21,22)(H,23,24)(H,25,26);11-12,17H,2-10,13H2,1H3,(H,20,22)(H,21,23)(H,24,25);1-6H;1-5H;1-5H2;3*1-2H3. The number of carboxylic acids is 4. The summed E-state index contributed by atoms with van der Waals surface area (Å²) < 4.78 is 0. The predicted octanol–water partition coefficient (Wildman–Crippen LogP) is 20.6. The van der Waals surface area contributed by atoms with E-state index in [4.69, 9.17) is 40.4 Å². The number of fused-ring (bicyclic) bond motifs is 4. The zero-order valence-electron chi connectivity index (χ0n) is 78.5. The molecule has 702 valence electrons. The van der Waals surface area contributed by atoms with E-state index >= 15 is 0 Å². The van der Waals surface area contributed by atoms with Gasteiger partial charge in [-0.1, -0.05) is 264 Å².